The molecule has 0 aliphatic heterocycles. The lowest BCUT2D eigenvalue weighted by Crippen LogP contribution is -1.83. The van der Waals surface area contributed by atoms with Crippen molar-refractivity contribution in [2.75, 3.05) is 0 Å². The summed E-state index contributed by atoms with van der Waals surface area (Å²) < 4.78 is 6.64. The molecule has 106 valence electrons. The Morgan fingerprint density at radius 3 is 2.62 bits per heavy atom. The fraction of sp³-hybridized carbons (Fsp3) is 0.133. The van der Waals surface area contributed by atoms with Crippen LogP contribution in [0, 0.1) is 6.92 Å². The molecule has 0 spiro atoms. The van der Waals surface area contributed by atoms with Crippen LogP contribution in [0.4, 0.5) is 0 Å². The van der Waals surface area contributed by atoms with Crippen LogP contribution in [-0.2, 0) is 5.75 Å². The zero-order valence-electron chi connectivity index (χ0n) is 11.3. The number of nitrogens with zero attached hydrogens (tertiary/aromatic N) is 3. The molecule has 21 heavy (non-hydrogen) atoms. The van der Waals surface area contributed by atoms with Crippen LogP contribution in [0.1, 0.15) is 11.5 Å². The number of rotatable bonds is 4. The smallest absolute Gasteiger partial charge is 0.247 e. The van der Waals surface area contributed by atoms with Crippen molar-refractivity contribution in [2.45, 2.75) is 17.7 Å². The van der Waals surface area contributed by atoms with E-state index < -0.39 is 0 Å². The first-order valence-corrected chi connectivity index (χ1v) is 8.12. The average Bonchev–Trinajstić information content (AvgIpc) is 2.96. The Hall–Kier alpha value is -1.66. The largest absolute Gasteiger partial charge is 0.420 e. The van der Waals surface area contributed by atoms with Crippen LogP contribution < -0.4 is 0 Å². The molecular formula is C15H12BrN3OS. The highest BCUT2D eigenvalue weighted by Crippen LogP contribution is 2.24. The minimum atomic E-state index is 0.550. The molecule has 3 aromatic rings. The monoisotopic (exact) mass is 361 g/mol. The molecule has 0 bridgehead atoms. The van der Waals surface area contributed by atoms with Gasteiger partial charge in [-0.05, 0) is 47.1 Å². The second kappa shape index (κ2) is 6.41. The molecule has 0 saturated heterocycles. The van der Waals surface area contributed by atoms with Crippen molar-refractivity contribution in [3.8, 4) is 11.5 Å². The third-order valence-corrected chi connectivity index (χ3v) is 4.21. The predicted octanol–water partition coefficient (Wildman–Crippen LogP) is 4.49. The Balaban J connectivity index is 1.67. The van der Waals surface area contributed by atoms with Gasteiger partial charge in [-0.15, -0.1) is 10.2 Å². The molecule has 0 amide bonds. The van der Waals surface area contributed by atoms with Gasteiger partial charge in [-0.3, -0.25) is 0 Å². The lowest BCUT2D eigenvalue weighted by molar-refractivity contribution is 0.528. The van der Waals surface area contributed by atoms with Gasteiger partial charge in [0.25, 0.3) is 0 Å². The molecule has 0 unspecified atom stereocenters. The standard InChI is InChI=1S/C15H12BrN3OS/c1-10-2-4-11(5-3-10)15-19-18-13(20-15)9-21-14-7-6-12(16)8-17-14/h2-8H,9H2,1H3. The first-order chi connectivity index (χ1) is 10.2. The number of hydrogen-bond acceptors (Lipinski definition) is 5. The molecule has 2 aromatic heterocycles. The van der Waals surface area contributed by atoms with Gasteiger partial charge in [0.2, 0.25) is 11.8 Å². The second-order valence-electron chi connectivity index (χ2n) is 4.47. The molecule has 0 saturated carbocycles. The molecule has 0 fully saturated rings. The van der Waals surface area contributed by atoms with Gasteiger partial charge in [0, 0.05) is 16.2 Å². The number of halogens is 1. The predicted molar refractivity (Wildman–Crippen MR) is 86.0 cm³/mol. The van der Waals surface area contributed by atoms with Gasteiger partial charge in [-0.25, -0.2) is 4.98 Å². The zero-order valence-corrected chi connectivity index (χ0v) is 13.7. The maximum Gasteiger partial charge on any atom is 0.247 e. The second-order valence-corrected chi connectivity index (χ2v) is 6.38. The quantitative estimate of drug-likeness (QED) is 0.640. The molecule has 0 aliphatic rings. The van der Waals surface area contributed by atoms with E-state index in [-0.39, 0.29) is 0 Å². The van der Waals surface area contributed by atoms with Crippen LogP contribution in [0.5, 0.6) is 0 Å². The fourth-order valence-electron chi connectivity index (χ4n) is 1.71. The summed E-state index contributed by atoms with van der Waals surface area (Å²) in [5.41, 5.74) is 2.14. The average molecular weight is 362 g/mol. The van der Waals surface area contributed by atoms with E-state index in [0.717, 1.165) is 15.1 Å². The van der Waals surface area contributed by atoms with Gasteiger partial charge in [0.1, 0.15) is 0 Å². The number of hydrogen-bond donors (Lipinski definition) is 0. The molecule has 1 aromatic carbocycles. The Kier molecular flexibility index (Phi) is 4.36. The van der Waals surface area contributed by atoms with Crippen molar-refractivity contribution in [3.05, 3.63) is 58.5 Å². The first kappa shape index (κ1) is 14.3. The van der Waals surface area contributed by atoms with E-state index in [4.69, 9.17) is 4.42 Å². The Morgan fingerprint density at radius 2 is 1.90 bits per heavy atom. The van der Waals surface area contributed by atoms with E-state index in [2.05, 4.69) is 31.1 Å². The highest BCUT2D eigenvalue weighted by molar-refractivity contribution is 9.10. The number of aromatic nitrogens is 3. The normalized spacial score (nSPS) is 10.8. The summed E-state index contributed by atoms with van der Waals surface area (Å²) in [5, 5.41) is 9.08. The molecule has 0 N–H and O–H groups in total. The summed E-state index contributed by atoms with van der Waals surface area (Å²) in [7, 11) is 0. The topological polar surface area (TPSA) is 51.8 Å². The van der Waals surface area contributed by atoms with Crippen LogP contribution in [0.3, 0.4) is 0 Å². The van der Waals surface area contributed by atoms with E-state index in [9.17, 15) is 0 Å². The van der Waals surface area contributed by atoms with Gasteiger partial charge in [-0.1, -0.05) is 29.5 Å². The molecule has 3 rings (SSSR count). The molecule has 2 heterocycles. The Labute approximate surface area is 135 Å². The summed E-state index contributed by atoms with van der Waals surface area (Å²) in [4.78, 5) is 4.29. The minimum Gasteiger partial charge on any atom is -0.420 e. The van der Waals surface area contributed by atoms with Gasteiger partial charge in [-0.2, -0.15) is 0 Å². The minimum absolute atomic E-state index is 0.550. The lowest BCUT2D eigenvalue weighted by atomic mass is 10.1. The van der Waals surface area contributed by atoms with Gasteiger partial charge in [0.15, 0.2) is 0 Å². The molecule has 4 nitrogen and oxygen atoms in total. The Morgan fingerprint density at radius 1 is 1.10 bits per heavy atom. The van der Waals surface area contributed by atoms with Crippen molar-refractivity contribution < 1.29 is 4.42 Å². The van der Waals surface area contributed by atoms with E-state index in [0.29, 0.717) is 17.5 Å². The van der Waals surface area contributed by atoms with Crippen LogP contribution in [0.25, 0.3) is 11.5 Å². The van der Waals surface area contributed by atoms with Crippen LogP contribution in [0.15, 0.2) is 56.5 Å². The number of pyridine rings is 1. The highest BCUT2D eigenvalue weighted by Gasteiger charge is 2.09. The summed E-state index contributed by atoms with van der Waals surface area (Å²) in [6.45, 7) is 2.05. The van der Waals surface area contributed by atoms with Gasteiger partial charge >= 0.3 is 0 Å². The van der Waals surface area contributed by atoms with Crippen molar-refractivity contribution in [2.24, 2.45) is 0 Å². The molecule has 0 atom stereocenters. The summed E-state index contributed by atoms with van der Waals surface area (Å²) in [5.74, 6) is 1.75. The van der Waals surface area contributed by atoms with E-state index in [1.54, 1.807) is 18.0 Å². The molecule has 0 aliphatic carbocycles. The maximum atomic E-state index is 5.67. The first-order valence-electron chi connectivity index (χ1n) is 6.34. The lowest BCUT2D eigenvalue weighted by Gasteiger charge is -1.97. The third kappa shape index (κ3) is 3.71. The number of thioether (sulfide) groups is 1. The van der Waals surface area contributed by atoms with Crippen LogP contribution in [-0.4, -0.2) is 15.2 Å². The van der Waals surface area contributed by atoms with E-state index in [1.165, 1.54) is 5.56 Å². The van der Waals surface area contributed by atoms with Gasteiger partial charge < -0.3 is 4.42 Å². The van der Waals surface area contributed by atoms with E-state index in [1.807, 2.05) is 43.3 Å². The van der Waals surface area contributed by atoms with Crippen LogP contribution in [0.2, 0.25) is 0 Å². The summed E-state index contributed by atoms with van der Waals surface area (Å²) in [6.07, 6.45) is 1.77. The van der Waals surface area contributed by atoms with Crippen molar-refractivity contribution in [1.82, 2.24) is 15.2 Å². The SMILES string of the molecule is Cc1ccc(-c2nnc(CSc3ccc(Br)cn3)o2)cc1. The number of aryl methyl sites for hydroxylation is 1. The molecule has 0 radical (unpaired) electrons. The van der Waals surface area contributed by atoms with E-state index >= 15 is 0 Å². The summed E-state index contributed by atoms with van der Waals surface area (Å²) >= 11 is 4.93. The maximum absolute atomic E-state index is 5.67. The molecule has 6 heteroatoms. The zero-order chi connectivity index (χ0) is 14.7. The third-order valence-electron chi connectivity index (χ3n) is 2.81. The van der Waals surface area contributed by atoms with Crippen molar-refractivity contribution in [1.29, 1.82) is 0 Å². The Bertz CT molecular complexity index is 725. The fourth-order valence-corrected chi connectivity index (χ4v) is 2.62. The van der Waals surface area contributed by atoms with Crippen LogP contribution >= 0.6 is 27.7 Å². The summed E-state index contributed by atoms with van der Waals surface area (Å²) in [6, 6.07) is 11.9. The number of benzene rings is 1. The molecular weight excluding hydrogens is 350 g/mol. The van der Waals surface area contributed by atoms with Gasteiger partial charge in [0.05, 0.1) is 10.8 Å². The highest BCUT2D eigenvalue weighted by atomic mass is 79.9. The van der Waals surface area contributed by atoms with Crippen molar-refractivity contribution >= 4 is 27.7 Å². The van der Waals surface area contributed by atoms with Crippen molar-refractivity contribution in [3.63, 3.8) is 0 Å².